The van der Waals surface area contributed by atoms with Crippen molar-refractivity contribution in [2.75, 3.05) is 11.4 Å². The maximum Gasteiger partial charge on any atom is 0.377 e. The minimum absolute atomic E-state index is 0.180. The zero-order chi connectivity index (χ0) is 12.6. The molecule has 7 heteroatoms. The summed E-state index contributed by atoms with van der Waals surface area (Å²) in [5.41, 5.74) is 8.41. The van der Waals surface area contributed by atoms with Gasteiger partial charge in [-0.2, -0.15) is 0 Å². The van der Waals surface area contributed by atoms with E-state index in [0.717, 1.165) is 11.8 Å². The Bertz CT molecular complexity index is 538. The van der Waals surface area contributed by atoms with Crippen LogP contribution in [0.1, 0.15) is 15.9 Å². The van der Waals surface area contributed by atoms with Crippen molar-refractivity contribution in [2.24, 2.45) is 0 Å². The lowest BCUT2D eigenvalue weighted by Crippen LogP contribution is -2.17. The van der Waals surface area contributed by atoms with E-state index in [0.29, 0.717) is 11.3 Å². The highest BCUT2D eigenvalue weighted by molar-refractivity contribution is 8.25. The number of nitrogens with one attached hydrogen (secondary N) is 1. The first-order valence-electron chi connectivity index (χ1n) is 4.82. The molecule has 0 aromatic heterocycles. The molecule has 0 saturated carbocycles. The number of benzene rings is 1. The highest BCUT2D eigenvalue weighted by Crippen LogP contribution is 2.55. The fraction of sp³-hybridized carbons (Fsp3) is 0.200. The quantitative estimate of drug-likeness (QED) is 0.324. The zero-order valence-corrected chi connectivity index (χ0v) is 9.94. The summed E-state index contributed by atoms with van der Waals surface area (Å²) < 4.78 is 20.9. The molecule has 3 N–H and O–H groups in total. The SMILES string of the molecule is CN1c2cc(C(=O)C=[N+]=N)ccc2CS1(O)O. The molecule has 0 amide bonds. The summed E-state index contributed by atoms with van der Waals surface area (Å²) in [5, 5.41) is 0. The summed E-state index contributed by atoms with van der Waals surface area (Å²) in [7, 11) is -1.21. The molecule has 1 heterocycles. The van der Waals surface area contributed by atoms with Crippen LogP contribution < -0.4 is 4.31 Å². The van der Waals surface area contributed by atoms with Gasteiger partial charge in [0.05, 0.1) is 21.8 Å². The van der Waals surface area contributed by atoms with Gasteiger partial charge in [0.15, 0.2) is 0 Å². The Labute approximate surface area is 99.6 Å². The normalized spacial score (nSPS) is 18.2. The summed E-state index contributed by atoms with van der Waals surface area (Å²) in [6.07, 6.45) is 0.911. The molecule has 0 saturated heterocycles. The molecule has 1 aromatic carbocycles. The highest BCUT2D eigenvalue weighted by Gasteiger charge is 2.31. The number of fused-ring (bicyclic) bond motifs is 1. The molecule has 17 heavy (non-hydrogen) atoms. The second kappa shape index (κ2) is 3.97. The summed E-state index contributed by atoms with van der Waals surface area (Å²) in [6.45, 7) is 0. The standard InChI is InChI=1S/C10H11N3O3S/c1-13-9-4-7(10(14)5-12-11)2-3-8(9)6-17(13,15)16/h2-5,11H,6H2,1H3,(H-,15,16)/p+1. The Morgan fingerprint density at radius 3 is 2.94 bits per heavy atom. The van der Waals surface area contributed by atoms with E-state index in [1.165, 1.54) is 4.31 Å². The van der Waals surface area contributed by atoms with Crippen LogP contribution in [0.5, 0.6) is 0 Å². The average molecular weight is 254 g/mol. The number of hydrogen-bond donors (Lipinski definition) is 3. The number of Topliss-reactive ketones (excluding diaryl/α,β-unsaturated/α-hetero) is 1. The maximum absolute atomic E-state index is 11.5. The van der Waals surface area contributed by atoms with Crippen LogP contribution in [-0.2, 0) is 5.75 Å². The smallest absolute Gasteiger partial charge is 0.281 e. The molecular weight excluding hydrogens is 242 g/mol. The van der Waals surface area contributed by atoms with Gasteiger partial charge >= 0.3 is 6.21 Å². The Balaban J connectivity index is 2.44. The number of ketones is 1. The van der Waals surface area contributed by atoms with Crippen LogP contribution >= 0.6 is 10.8 Å². The van der Waals surface area contributed by atoms with Crippen molar-refractivity contribution in [3.63, 3.8) is 0 Å². The first kappa shape index (κ1) is 11.8. The third kappa shape index (κ3) is 1.96. The molecule has 1 aromatic rings. The van der Waals surface area contributed by atoms with E-state index in [2.05, 4.69) is 4.79 Å². The third-order valence-electron chi connectivity index (χ3n) is 2.68. The number of rotatable bonds is 2. The number of hydrogen-bond acceptors (Lipinski definition) is 5. The predicted octanol–water partition coefficient (Wildman–Crippen LogP) is 1.79. The van der Waals surface area contributed by atoms with Crippen molar-refractivity contribution in [1.82, 2.24) is 0 Å². The van der Waals surface area contributed by atoms with Crippen LogP contribution in [0.2, 0.25) is 0 Å². The minimum Gasteiger partial charge on any atom is -0.281 e. The molecule has 2 rings (SSSR count). The van der Waals surface area contributed by atoms with E-state index in [-0.39, 0.29) is 11.5 Å². The van der Waals surface area contributed by atoms with Crippen LogP contribution in [0.25, 0.3) is 0 Å². The Morgan fingerprint density at radius 1 is 1.59 bits per heavy atom. The molecular formula is C10H12N3O3S+. The van der Waals surface area contributed by atoms with Gasteiger partial charge in [0.1, 0.15) is 0 Å². The van der Waals surface area contributed by atoms with E-state index in [4.69, 9.17) is 5.53 Å². The first-order valence-corrected chi connectivity index (χ1v) is 6.50. The molecule has 90 valence electrons. The van der Waals surface area contributed by atoms with E-state index >= 15 is 0 Å². The summed E-state index contributed by atoms with van der Waals surface area (Å²) in [4.78, 5) is 14.4. The van der Waals surface area contributed by atoms with Gasteiger partial charge < -0.3 is 0 Å². The average Bonchev–Trinajstić information content (AvgIpc) is 2.50. The molecule has 0 spiro atoms. The maximum atomic E-state index is 11.5. The Hall–Kier alpha value is -1.66. The number of carbonyl (C=O) groups excluding carboxylic acids is 1. The summed E-state index contributed by atoms with van der Waals surface area (Å²) in [5.74, 6) is -0.195. The van der Waals surface area contributed by atoms with Crippen molar-refractivity contribution < 1.29 is 18.7 Å². The molecule has 0 atom stereocenters. The van der Waals surface area contributed by atoms with E-state index in [1.54, 1.807) is 25.2 Å². The molecule has 0 fully saturated rings. The van der Waals surface area contributed by atoms with Crippen molar-refractivity contribution in [2.45, 2.75) is 5.75 Å². The first-order chi connectivity index (χ1) is 7.95. The number of carbonyl (C=O) groups is 1. The van der Waals surface area contributed by atoms with Gasteiger partial charge in [0.25, 0.3) is 5.78 Å². The van der Waals surface area contributed by atoms with E-state index in [1.807, 2.05) is 0 Å². The summed E-state index contributed by atoms with van der Waals surface area (Å²) in [6, 6.07) is 4.87. The monoisotopic (exact) mass is 254 g/mol. The zero-order valence-electron chi connectivity index (χ0n) is 9.12. The van der Waals surface area contributed by atoms with Crippen molar-refractivity contribution >= 4 is 28.5 Å². The number of anilines is 1. The fourth-order valence-electron chi connectivity index (χ4n) is 1.73. The molecule has 0 bridgehead atoms. The van der Waals surface area contributed by atoms with Crippen molar-refractivity contribution in [3.8, 4) is 0 Å². The van der Waals surface area contributed by atoms with E-state index < -0.39 is 10.8 Å². The molecule has 6 nitrogen and oxygen atoms in total. The molecule has 0 unspecified atom stereocenters. The highest BCUT2D eigenvalue weighted by atomic mass is 32.3. The lowest BCUT2D eigenvalue weighted by atomic mass is 10.1. The van der Waals surface area contributed by atoms with Crippen molar-refractivity contribution in [3.05, 3.63) is 29.3 Å². The lowest BCUT2D eigenvalue weighted by molar-refractivity contribution is -0.111. The largest absolute Gasteiger partial charge is 0.377 e. The topological polar surface area (TPSA) is 98.7 Å². The second-order valence-electron chi connectivity index (χ2n) is 3.74. The minimum atomic E-state index is -2.79. The van der Waals surface area contributed by atoms with Crippen LogP contribution in [0.4, 0.5) is 5.69 Å². The van der Waals surface area contributed by atoms with Crippen LogP contribution in [0, 0.1) is 5.53 Å². The van der Waals surface area contributed by atoms with E-state index in [9.17, 15) is 13.9 Å². The molecule has 0 radical (unpaired) electrons. The predicted molar refractivity (Wildman–Crippen MR) is 64.8 cm³/mol. The van der Waals surface area contributed by atoms with Gasteiger partial charge in [-0.3, -0.25) is 18.2 Å². The van der Waals surface area contributed by atoms with Gasteiger partial charge in [-0.15, -0.1) is 10.8 Å². The van der Waals surface area contributed by atoms with Crippen molar-refractivity contribution in [1.29, 1.82) is 5.53 Å². The van der Waals surface area contributed by atoms with Gasteiger partial charge in [-0.1, -0.05) is 12.1 Å². The van der Waals surface area contributed by atoms with Gasteiger partial charge in [-0.25, -0.2) is 0 Å². The Kier molecular flexibility index (Phi) is 2.76. The van der Waals surface area contributed by atoms with Crippen LogP contribution in [0.3, 0.4) is 0 Å². The molecule has 1 aliphatic heterocycles. The fourth-order valence-corrected chi connectivity index (χ4v) is 3.07. The van der Waals surface area contributed by atoms with Gasteiger partial charge in [0.2, 0.25) is 0 Å². The van der Waals surface area contributed by atoms with Crippen LogP contribution in [0.15, 0.2) is 18.2 Å². The number of nitrogens with zero attached hydrogens (tertiary/aromatic N) is 2. The van der Waals surface area contributed by atoms with Crippen LogP contribution in [-0.4, -0.2) is 32.9 Å². The Morgan fingerprint density at radius 2 is 2.29 bits per heavy atom. The summed E-state index contributed by atoms with van der Waals surface area (Å²) >= 11 is 0. The van der Waals surface area contributed by atoms with Gasteiger partial charge in [-0.05, 0) is 11.6 Å². The molecule has 0 aliphatic carbocycles. The third-order valence-corrected chi connectivity index (χ3v) is 4.45. The second-order valence-corrected chi connectivity index (χ2v) is 5.84. The lowest BCUT2D eigenvalue weighted by Gasteiger charge is -2.35. The van der Waals surface area contributed by atoms with Gasteiger partial charge in [0, 0.05) is 12.6 Å². The molecule has 1 aliphatic rings.